The third-order valence-corrected chi connectivity index (χ3v) is 2.78. The van der Waals surface area contributed by atoms with Crippen LogP contribution in [0, 0.1) is 0 Å². The molecule has 1 aromatic carbocycles. The number of aromatic nitrogens is 3. The van der Waals surface area contributed by atoms with Gasteiger partial charge < -0.3 is 10.6 Å². The Morgan fingerprint density at radius 1 is 1.22 bits per heavy atom. The molecule has 96 valence electrons. The van der Waals surface area contributed by atoms with Crippen LogP contribution < -0.4 is 5.73 Å². The standard InChI is InChI=1S/C13H19N5/c1-18(2)8-7-12-15-13(17-16-12)11-5-3-10(9-14)4-6-11/h3-6H,7-9,14H2,1-2H3,(H,15,16,17). The molecule has 0 fully saturated rings. The third kappa shape index (κ3) is 3.15. The minimum Gasteiger partial charge on any atom is -0.326 e. The molecule has 0 unspecified atom stereocenters. The van der Waals surface area contributed by atoms with Crippen LogP contribution in [-0.2, 0) is 13.0 Å². The highest BCUT2D eigenvalue weighted by Gasteiger charge is 2.06. The molecule has 0 aliphatic carbocycles. The summed E-state index contributed by atoms with van der Waals surface area (Å²) in [6.07, 6.45) is 0.876. The largest absolute Gasteiger partial charge is 0.326 e. The van der Waals surface area contributed by atoms with E-state index in [1.165, 1.54) is 0 Å². The monoisotopic (exact) mass is 245 g/mol. The summed E-state index contributed by atoms with van der Waals surface area (Å²) in [5.41, 5.74) is 7.70. The zero-order valence-corrected chi connectivity index (χ0v) is 10.8. The van der Waals surface area contributed by atoms with Crippen LogP contribution in [0.15, 0.2) is 24.3 Å². The molecule has 0 spiro atoms. The van der Waals surface area contributed by atoms with E-state index in [9.17, 15) is 0 Å². The lowest BCUT2D eigenvalue weighted by atomic mass is 10.1. The Labute approximate surface area is 107 Å². The van der Waals surface area contributed by atoms with Crippen molar-refractivity contribution in [2.45, 2.75) is 13.0 Å². The van der Waals surface area contributed by atoms with Gasteiger partial charge in [0.25, 0.3) is 0 Å². The van der Waals surface area contributed by atoms with Gasteiger partial charge in [0.1, 0.15) is 5.82 Å². The van der Waals surface area contributed by atoms with Crippen LogP contribution in [-0.4, -0.2) is 40.7 Å². The fourth-order valence-corrected chi connectivity index (χ4v) is 1.66. The van der Waals surface area contributed by atoms with Gasteiger partial charge in [0, 0.05) is 25.1 Å². The molecule has 0 atom stereocenters. The maximum absolute atomic E-state index is 5.57. The number of hydrogen-bond donors (Lipinski definition) is 2. The Hall–Kier alpha value is -1.72. The molecule has 5 nitrogen and oxygen atoms in total. The minimum atomic E-state index is 0.558. The molecule has 2 aromatic rings. The van der Waals surface area contributed by atoms with Crippen molar-refractivity contribution in [3.05, 3.63) is 35.7 Å². The van der Waals surface area contributed by atoms with Crippen LogP contribution in [0.3, 0.4) is 0 Å². The molecule has 18 heavy (non-hydrogen) atoms. The second kappa shape index (κ2) is 5.75. The molecule has 2 rings (SSSR count). The Balaban J connectivity index is 2.08. The van der Waals surface area contributed by atoms with Gasteiger partial charge in [0.15, 0.2) is 5.82 Å². The summed E-state index contributed by atoms with van der Waals surface area (Å²) in [6, 6.07) is 8.01. The fraction of sp³-hybridized carbons (Fsp3) is 0.385. The average Bonchev–Trinajstić information content (AvgIpc) is 2.85. The predicted molar refractivity (Wildman–Crippen MR) is 72.0 cm³/mol. The Kier molecular flexibility index (Phi) is 4.07. The van der Waals surface area contributed by atoms with Crippen LogP contribution in [0.2, 0.25) is 0 Å². The predicted octanol–water partition coefficient (Wildman–Crippen LogP) is 1.03. The van der Waals surface area contributed by atoms with Crippen molar-refractivity contribution in [1.82, 2.24) is 20.1 Å². The van der Waals surface area contributed by atoms with Crippen molar-refractivity contribution in [3.63, 3.8) is 0 Å². The number of nitrogens with one attached hydrogen (secondary N) is 1. The van der Waals surface area contributed by atoms with E-state index in [1.807, 2.05) is 38.4 Å². The molecule has 1 heterocycles. The van der Waals surface area contributed by atoms with Crippen LogP contribution in [0.25, 0.3) is 11.4 Å². The number of nitrogens with zero attached hydrogens (tertiary/aromatic N) is 3. The summed E-state index contributed by atoms with van der Waals surface area (Å²) in [4.78, 5) is 6.61. The smallest absolute Gasteiger partial charge is 0.181 e. The minimum absolute atomic E-state index is 0.558. The number of hydrogen-bond acceptors (Lipinski definition) is 4. The van der Waals surface area contributed by atoms with Gasteiger partial charge in [-0.15, -0.1) is 0 Å². The quantitative estimate of drug-likeness (QED) is 0.825. The van der Waals surface area contributed by atoms with Gasteiger partial charge in [-0.3, -0.25) is 5.10 Å². The fourth-order valence-electron chi connectivity index (χ4n) is 1.66. The lowest BCUT2D eigenvalue weighted by Crippen LogP contribution is -2.15. The highest BCUT2D eigenvalue weighted by Crippen LogP contribution is 2.15. The molecule has 0 radical (unpaired) electrons. The van der Waals surface area contributed by atoms with Crippen LogP contribution in [0.1, 0.15) is 11.4 Å². The van der Waals surface area contributed by atoms with Gasteiger partial charge in [-0.1, -0.05) is 24.3 Å². The van der Waals surface area contributed by atoms with Crippen molar-refractivity contribution >= 4 is 0 Å². The highest BCUT2D eigenvalue weighted by molar-refractivity contribution is 5.54. The summed E-state index contributed by atoms with van der Waals surface area (Å²) < 4.78 is 0. The molecule has 0 amide bonds. The molecule has 0 saturated heterocycles. The summed E-state index contributed by atoms with van der Waals surface area (Å²) >= 11 is 0. The second-order valence-electron chi connectivity index (χ2n) is 4.56. The molecular weight excluding hydrogens is 226 g/mol. The van der Waals surface area contributed by atoms with E-state index in [2.05, 4.69) is 20.1 Å². The summed E-state index contributed by atoms with van der Waals surface area (Å²) in [7, 11) is 4.09. The Morgan fingerprint density at radius 3 is 2.56 bits per heavy atom. The first-order valence-corrected chi connectivity index (χ1v) is 6.04. The maximum Gasteiger partial charge on any atom is 0.181 e. The first-order chi connectivity index (χ1) is 8.69. The van der Waals surface area contributed by atoms with Crippen LogP contribution in [0.5, 0.6) is 0 Å². The topological polar surface area (TPSA) is 70.8 Å². The van der Waals surface area contributed by atoms with Crippen LogP contribution in [0.4, 0.5) is 0 Å². The van der Waals surface area contributed by atoms with Gasteiger partial charge >= 0.3 is 0 Å². The second-order valence-corrected chi connectivity index (χ2v) is 4.56. The summed E-state index contributed by atoms with van der Waals surface area (Å²) in [5.74, 6) is 1.66. The van der Waals surface area contributed by atoms with Crippen LogP contribution >= 0.6 is 0 Å². The van der Waals surface area contributed by atoms with E-state index in [0.29, 0.717) is 6.54 Å². The molecule has 5 heteroatoms. The number of likely N-dealkylation sites (N-methyl/N-ethyl adjacent to an activating group) is 1. The number of H-pyrrole nitrogens is 1. The first-order valence-electron chi connectivity index (χ1n) is 6.04. The molecule has 0 aliphatic rings. The van der Waals surface area contributed by atoms with E-state index < -0.39 is 0 Å². The van der Waals surface area contributed by atoms with Gasteiger partial charge in [-0.25, -0.2) is 4.98 Å². The van der Waals surface area contributed by atoms with Crippen molar-refractivity contribution in [3.8, 4) is 11.4 Å². The Morgan fingerprint density at radius 2 is 1.94 bits per heavy atom. The van der Waals surface area contributed by atoms with E-state index in [1.54, 1.807) is 0 Å². The number of benzene rings is 1. The van der Waals surface area contributed by atoms with E-state index in [4.69, 9.17) is 5.73 Å². The van der Waals surface area contributed by atoms with E-state index >= 15 is 0 Å². The van der Waals surface area contributed by atoms with Crippen molar-refractivity contribution < 1.29 is 0 Å². The molecular formula is C13H19N5. The molecule has 1 aromatic heterocycles. The molecule has 3 N–H and O–H groups in total. The summed E-state index contributed by atoms with van der Waals surface area (Å²) in [6.45, 7) is 1.52. The first kappa shape index (κ1) is 12.7. The molecule has 0 saturated carbocycles. The van der Waals surface area contributed by atoms with Crippen molar-refractivity contribution in [2.75, 3.05) is 20.6 Å². The lowest BCUT2D eigenvalue weighted by molar-refractivity contribution is 0.410. The SMILES string of the molecule is CN(C)CCc1nc(-c2ccc(CN)cc2)n[nH]1. The van der Waals surface area contributed by atoms with Gasteiger partial charge in [-0.2, -0.15) is 5.10 Å². The lowest BCUT2D eigenvalue weighted by Gasteiger charge is -2.06. The zero-order valence-electron chi connectivity index (χ0n) is 10.8. The maximum atomic E-state index is 5.57. The number of nitrogens with two attached hydrogens (primary N) is 1. The normalized spacial score (nSPS) is 11.1. The average molecular weight is 245 g/mol. The Bertz CT molecular complexity index is 486. The summed E-state index contributed by atoms with van der Waals surface area (Å²) in [5, 5.41) is 7.21. The van der Waals surface area contributed by atoms with Gasteiger partial charge in [-0.05, 0) is 19.7 Å². The number of aromatic amines is 1. The van der Waals surface area contributed by atoms with E-state index in [0.717, 1.165) is 35.7 Å². The third-order valence-electron chi connectivity index (χ3n) is 2.78. The molecule has 0 bridgehead atoms. The van der Waals surface area contributed by atoms with Crippen molar-refractivity contribution in [1.29, 1.82) is 0 Å². The van der Waals surface area contributed by atoms with E-state index in [-0.39, 0.29) is 0 Å². The van der Waals surface area contributed by atoms with Gasteiger partial charge in [0.2, 0.25) is 0 Å². The number of rotatable bonds is 5. The molecule has 0 aliphatic heterocycles. The zero-order chi connectivity index (χ0) is 13.0. The highest BCUT2D eigenvalue weighted by atomic mass is 15.2. The van der Waals surface area contributed by atoms with Gasteiger partial charge in [0.05, 0.1) is 0 Å². The van der Waals surface area contributed by atoms with Crippen molar-refractivity contribution in [2.24, 2.45) is 5.73 Å².